The van der Waals surface area contributed by atoms with Crippen LogP contribution in [0, 0.1) is 11.8 Å². The summed E-state index contributed by atoms with van der Waals surface area (Å²) in [6.07, 6.45) is 5.80. The number of carbonyl (C=O) groups is 1. The normalized spacial score (nSPS) is 31.6. The van der Waals surface area contributed by atoms with E-state index in [0.29, 0.717) is 12.3 Å². The highest BCUT2D eigenvalue weighted by Crippen LogP contribution is 2.36. The van der Waals surface area contributed by atoms with Gasteiger partial charge in [-0.3, -0.25) is 4.79 Å². The summed E-state index contributed by atoms with van der Waals surface area (Å²) in [5, 5.41) is 0. The topological polar surface area (TPSA) is 20.3 Å². The lowest BCUT2D eigenvalue weighted by Gasteiger charge is -2.24. The first kappa shape index (κ1) is 10.3. The molecule has 2 bridgehead atoms. The zero-order chi connectivity index (χ0) is 9.97. The summed E-state index contributed by atoms with van der Waals surface area (Å²) in [6.45, 7) is 1.96. The first-order valence-electron chi connectivity index (χ1n) is 5.63. The highest BCUT2D eigenvalue weighted by Gasteiger charge is 2.31. The summed E-state index contributed by atoms with van der Waals surface area (Å²) in [4.78, 5) is 13.7. The first-order chi connectivity index (χ1) is 6.79. The van der Waals surface area contributed by atoms with Gasteiger partial charge in [-0.15, -0.1) is 11.6 Å². The summed E-state index contributed by atoms with van der Waals surface area (Å²) in [6, 6.07) is 0. The second-order valence-electron chi connectivity index (χ2n) is 4.61. The molecule has 2 unspecified atom stereocenters. The molecule has 80 valence electrons. The number of hydrogen-bond acceptors (Lipinski definition) is 1. The molecule has 1 aliphatic carbocycles. The predicted molar refractivity (Wildman–Crippen MR) is 57.4 cm³/mol. The Balaban J connectivity index is 1.91. The Morgan fingerprint density at radius 3 is 2.86 bits per heavy atom. The molecule has 0 aromatic rings. The number of hydrogen-bond donors (Lipinski definition) is 0. The zero-order valence-corrected chi connectivity index (χ0v) is 9.30. The van der Waals surface area contributed by atoms with Gasteiger partial charge < -0.3 is 4.90 Å². The fraction of sp³-hybridized carbons (Fsp3) is 0.909. The van der Waals surface area contributed by atoms with E-state index in [0.717, 1.165) is 24.9 Å². The molecule has 1 saturated heterocycles. The third-order valence-electron chi connectivity index (χ3n) is 3.60. The molecule has 2 nitrogen and oxygen atoms in total. The van der Waals surface area contributed by atoms with Crippen LogP contribution in [0.25, 0.3) is 0 Å². The summed E-state index contributed by atoms with van der Waals surface area (Å²) >= 11 is 5.59. The van der Waals surface area contributed by atoms with Crippen LogP contribution in [0.1, 0.15) is 32.1 Å². The summed E-state index contributed by atoms with van der Waals surface area (Å²) < 4.78 is 0. The lowest BCUT2D eigenvalue weighted by molar-refractivity contribution is -0.131. The van der Waals surface area contributed by atoms with Gasteiger partial charge in [-0.05, 0) is 31.1 Å². The number of amides is 1. The van der Waals surface area contributed by atoms with E-state index in [1.54, 1.807) is 0 Å². The molecule has 1 saturated carbocycles. The molecule has 0 radical (unpaired) electrons. The van der Waals surface area contributed by atoms with E-state index in [1.807, 2.05) is 4.90 Å². The zero-order valence-electron chi connectivity index (χ0n) is 8.54. The van der Waals surface area contributed by atoms with Gasteiger partial charge in [0.15, 0.2) is 0 Å². The van der Waals surface area contributed by atoms with Gasteiger partial charge in [0.25, 0.3) is 0 Å². The Kier molecular flexibility index (Phi) is 3.32. The smallest absolute Gasteiger partial charge is 0.223 e. The Bertz CT molecular complexity index is 219. The summed E-state index contributed by atoms with van der Waals surface area (Å²) in [5.74, 6) is 2.40. The molecular weight excluding hydrogens is 198 g/mol. The molecule has 1 amide bonds. The third kappa shape index (κ3) is 2.22. The molecule has 2 rings (SSSR count). The number of likely N-dealkylation sites (tertiary alicyclic amines) is 1. The average molecular weight is 216 g/mol. The molecule has 1 aliphatic heterocycles. The van der Waals surface area contributed by atoms with Crippen molar-refractivity contribution in [2.45, 2.75) is 32.1 Å². The Hall–Kier alpha value is -0.240. The van der Waals surface area contributed by atoms with Crippen LogP contribution in [0.5, 0.6) is 0 Å². The highest BCUT2D eigenvalue weighted by molar-refractivity contribution is 6.18. The van der Waals surface area contributed by atoms with Crippen molar-refractivity contribution in [1.82, 2.24) is 4.90 Å². The van der Waals surface area contributed by atoms with E-state index in [4.69, 9.17) is 11.6 Å². The number of nitrogens with zero attached hydrogens (tertiary/aromatic N) is 1. The first-order valence-corrected chi connectivity index (χ1v) is 6.17. The number of carbonyl (C=O) groups excluding carboxylic acids is 1. The number of halogens is 1. The van der Waals surface area contributed by atoms with Gasteiger partial charge in [-0.25, -0.2) is 0 Å². The largest absolute Gasteiger partial charge is 0.342 e. The lowest BCUT2D eigenvalue weighted by atomic mass is 10.0. The minimum absolute atomic E-state index is 0.257. The van der Waals surface area contributed by atoms with Crippen LogP contribution < -0.4 is 0 Å². The molecule has 14 heavy (non-hydrogen) atoms. The molecule has 0 spiro atoms. The molecule has 0 N–H and O–H groups in total. The Morgan fingerprint density at radius 2 is 2.07 bits per heavy atom. The Labute approximate surface area is 90.6 Å². The molecule has 0 aromatic carbocycles. The quantitative estimate of drug-likeness (QED) is 0.648. The van der Waals surface area contributed by atoms with Crippen LogP contribution in [0.15, 0.2) is 0 Å². The van der Waals surface area contributed by atoms with E-state index in [-0.39, 0.29) is 5.91 Å². The van der Waals surface area contributed by atoms with Crippen LogP contribution in [0.2, 0.25) is 0 Å². The van der Waals surface area contributed by atoms with Gasteiger partial charge in [0.2, 0.25) is 5.91 Å². The van der Waals surface area contributed by atoms with E-state index >= 15 is 0 Å². The minimum atomic E-state index is 0.257. The summed E-state index contributed by atoms with van der Waals surface area (Å²) in [7, 11) is 0. The van der Waals surface area contributed by atoms with Crippen LogP contribution in [0.4, 0.5) is 0 Å². The number of alkyl halides is 1. The van der Waals surface area contributed by atoms with Crippen molar-refractivity contribution in [1.29, 1.82) is 0 Å². The predicted octanol–water partition coefficient (Wildman–Crippen LogP) is 2.26. The van der Waals surface area contributed by atoms with Gasteiger partial charge in [-0.1, -0.05) is 6.42 Å². The monoisotopic (exact) mass is 215 g/mol. The van der Waals surface area contributed by atoms with Crippen LogP contribution in [-0.4, -0.2) is 29.8 Å². The molecule has 2 atom stereocenters. The average Bonchev–Trinajstić information content (AvgIpc) is 2.46. The van der Waals surface area contributed by atoms with Gasteiger partial charge >= 0.3 is 0 Å². The van der Waals surface area contributed by atoms with E-state index in [1.165, 1.54) is 25.7 Å². The van der Waals surface area contributed by atoms with Gasteiger partial charge in [0.1, 0.15) is 0 Å². The molecule has 2 aliphatic rings. The van der Waals surface area contributed by atoms with Crippen molar-refractivity contribution >= 4 is 17.5 Å². The van der Waals surface area contributed by atoms with Crippen molar-refractivity contribution in [3.05, 3.63) is 0 Å². The standard InChI is InChI=1S/C11H18ClNO/c12-5-3-11(14)13-6-4-9-1-2-10(7-9)8-13/h9-10H,1-8H2. The fourth-order valence-electron chi connectivity index (χ4n) is 2.81. The van der Waals surface area contributed by atoms with Crippen molar-refractivity contribution in [3.8, 4) is 0 Å². The summed E-state index contributed by atoms with van der Waals surface area (Å²) in [5.41, 5.74) is 0. The molecular formula is C11H18ClNO. The second kappa shape index (κ2) is 4.52. The second-order valence-corrected chi connectivity index (χ2v) is 4.99. The Morgan fingerprint density at radius 1 is 1.29 bits per heavy atom. The van der Waals surface area contributed by atoms with E-state index < -0.39 is 0 Å². The minimum Gasteiger partial charge on any atom is -0.342 e. The maximum absolute atomic E-state index is 11.7. The van der Waals surface area contributed by atoms with Crippen LogP contribution in [0.3, 0.4) is 0 Å². The van der Waals surface area contributed by atoms with Crippen LogP contribution >= 0.6 is 11.6 Å². The fourth-order valence-corrected chi connectivity index (χ4v) is 2.98. The van der Waals surface area contributed by atoms with E-state index in [9.17, 15) is 4.79 Å². The molecule has 2 fully saturated rings. The van der Waals surface area contributed by atoms with Crippen molar-refractivity contribution in [2.24, 2.45) is 11.8 Å². The van der Waals surface area contributed by atoms with Gasteiger partial charge in [0.05, 0.1) is 0 Å². The molecule has 3 heteroatoms. The van der Waals surface area contributed by atoms with Crippen molar-refractivity contribution in [3.63, 3.8) is 0 Å². The SMILES string of the molecule is O=C(CCCl)N1CCC2CCC(C2)C1. The van der Waals surface area contributed by atoms with Crippen LogP contribution in [-0.2, 0) is 4.79 Å². The molecule has 1 heterocycles. The number of fused-ring (bicyclic) bond motifs is 2. The lowest BCUT2D eigenvalue weighted by Crippen LogP contribution is -2.35. The molecule has 0 aromatic heterocycles. The maximum Gasteiger partial charge on any atom is 0.223 e. The van der Waals surface area contributed by atoms with Crippen molar-refractivity contribution < 1.29 is 4.79 Å². The number of rotatable bonds is 2. The van der Waals surface area contributed by atoms with E-state index in [2.05, 4.69) is 0 Å². The van der Waals surface area contributed by atoms with Gasteiger partial charge in [-0.2, -0.15) is 0 Å². The maximum atomic E-state index is 11.7. The van der Waals surface area contributed by atoms with Gasteiger partial charge in [0, 0.05) is 25.4 Å². The van der Waals surface area contributed by atoms with Crippen molar-refractivity contribution in [2.75, 3.05) is 19.0 Å². The highest BCUT2D eigenvalue weighted by atomic mass is 35.5. The third-order valence-corrected chi connectivity index (χ3v) is 3.79.